The summed E-state index contributed by atoms with van der Waals surface area (Å²) >= 11 is 0. The number of likely N-dealkylation sites (tertiary alicyclic amines) is 1. The number of aromatic nitrogens is 2. The van der Waals surface area contributed by atoms with Gasteiger partial charge in [0.2, 0.25) is 11.8 Å². The lowest BCUT2D eigenvalue weighted by molar-refractivity contribution is -0.143. The zero-order chi connectivity index (χ0) is 14.7. The van der Waals surface area contributed by atoms with Crippen LogP contribution < -0.4 is 0 Å². The number of carbonyl (C=O) groups is 3. The molecule has 1 saturated carbocycles. The zero-order valence-corrected chi connectivity index (χ0v) is 11.0. The molecule has 2 unspecified atom stereocenters. The highest BCUT2D eigenvalue weighted by molar-refractivity contribution is 6.10. The van der Waals surface area contributed by atoms with Crippen molar-refractivity contribution < 1.29 is 19.5 Å². The third-order valence-corrected chi connectivity index (χ3v) is 4.22. The maximum Gasteiger partial charge on any atom is 0.339 e. The molecule has 2 aliphatic rings. The minimum absolute atomic E-state index is 0.0899. The van der Waals surface area contributed by atoms with Crippen LogP contribution in [-0.2, 0) is 16.1 Å². The van der Waals surface area contributed by atoms with E-state index in [1.807, 2.05) is 13.8 Å². The molecule has 7 heteroatoms. The second-order valence-electron chi connectivity index (χ2n) is 5.73. The van der Waals surface area contributed by atoms with Crippen molar-refractivity contribution in [3.05, 3.63) is 23.8 Å². The predicted octanol–water partition coefficient (Wildman–Crippen LogP) is 0.316. The van der Waals surface area contributed by atoms with Gasteiger partial charge in [0.15, 0.2) is 0 Å². The molecule has 1 N–H and O–H groups in total. The van der Waals surface area contributed by atoms with Crippen molar-refractivity contribution in [2.45, 2.75) is 20.4 Å². The highest BCUT2D eigenvalue weighted by Gasteiger charge is 2.72. The number of rotatable bonds is 3. The van der Waals surface area contributed by atoms with E-state index in [1.54, 1.807) is 0 Å². The predicted molar refractivity (Wildman–Crippen MR) is 65.3 cm³/mol. The lowest BCUT2D eigenvalue weighted by Crippen LogP contribution is -2.36. The Hall–Kier alpha value is -2.31. The molecule has 0 bridgehead atoms. The fourth-order valence-corrected chi connectivity index (χ4v) is 2.97. The summed E-state index contributed by atoms with van der Waals surface area (Å²) in [6.45, 7) is 3.68. The molecule has 20 heavy (non-hydrogen) atoms. The molecule has 1 aromatic heterocycles. The van der Waals surface area contributed by atoms with Gasteiger partial charge in [-0.05, 0) is 5.41 Å². The molecule has 104 valence electrons. The Morgan fingerprint density at radius 2 is 1.95 bits per heavy atom. The van der Waals surface area contributed by atoms with Crippen LogP contribution in [0.1, 0.15) is 29.9 Å². The molecule has 2 atom stereocenters. The first-order valence-electron chi connectivity index (χ1n) is 6.23. The number of piperidine rings is 1. The smallest absolute Gasteiger partial charge is 0.339 e. The highest BCUT2D eigenvalue weighted by atomic mass is 16.4. The molecule has 2 heterocycles. The Morgan fingerprint density at radius 1 is 1.35 bits per heavy atom. The number of aromatic carboxylic acids is 1. The summed E-state index contributed by atoms with van der Waals surface area (Å²) in [5, 5.41) is 9.05. The number of nitrogens with zero attached hydrogens (tertiary/aromatic N) is 3. The molecule has 7 nitrogen and oxygen atoms in total. The van der Waals surface area contributed by atoms with E-state index in [9.17, 15) is 14.4 Å². The SMILES string of the molecule is CC1(C)C2C(=O)N(Cc3ncncc3C(=O)O)C(=O)C21. The minimum Gasteiger partial charge on any atom is -0.478 e. The standard InChI is InChI=1S/C13H13N3O4/c1-13(2)8-9(13)11(18)16(10(8)17)4-7-6(12(19)20)3-14-5-15-7/h3,5,8-9H,4H2,1-2H3,(H,19,20). The van der Waals surface area contributed by atoms with Gasteiger partial charge in [0, 0.05) is 6.20 Å². The molecule has 0 spiro atoms. The lowest BCUT2D eigenvalue weighted by atomic mass is 10.1. The second-order valence-corrected chi connectivity index (χ2v) is 5.73. The molecule has 2 fully saturated rings. The number of imide groups is 1. The first-order valence-corrected chi connectivity index (χ1v) is 6.23. The van der Waals surface area contributed by atoms with Crippen LogP contribution in [0.15, 0.2) is 12.5 Å². The van der Waals surface area contributed by atoms with Crippen LogP contribution >= 0.6 is 0 Å². The Bertz CT molecular complexity index is 616. The van der Waals surface area contributed by atoms with E-state index in [1.165, 1.54) is 12.5 Å². The molecule has 0 aromatic carbocycles. The quantitative estimate of drug-likeness (QED) is 0.797. The molecular weight excluding hydrogens is 262 g/mol. The van der Waals surface area contributed by atoms with Crippen molar-refractivity contribution >= 4 is 17.8 Å². The molecule has 1 saturated heterocycles. The van der Waals surface area contributed by atoms with E-state index < -0.39 is 5.97 Å². The summed E-state index contributed by atoms with van der Waals surface area (Å²) < 4.78 is 0. The van der Waals surface area contributed by atoms with Gasteiger partial charge in [-0.15, -0.1) is 0 Å². The number of carboxylic acids is 1. The monoisotopic (exact) mass is 275 g/mol. The van der Waals surface area contributed by atoms with Crippen LogP contribution in [0.2, 0.25) is 0 Å². The Labute approximate surface area is 114 Å². The van der Waals surface area contributed by atoms with Crippen LogP contribution in [0.3, 0.4) is 0 Å². The van der Waals surface area contributed by atoms with Crippen molar-refractivity contribution in [3.8, 4) is 0 Å². The van der Waals surface area contributed by atoms with Crippen LogP contribution in [0.25, 0.3) is 0 Å². The highest BCUT2D eigenvalue weighted by Crippen LogP contribution is 2.63. The average Bonchev–Trinajstić information content (AvgIpc) is 2.86. The summed E-state index contributed by atoms with van der Waals surface area (Å²) in [5.74, 6) is -2.19. The molecule has 1 aliphatic heterocycles. The van der Waals surface area contributed by atoms with E-state index in [2.05, 4.69) is 9.97 Å². The summed E-state index contributed by atoms with van der Waals surface area (Å²) in [6.07, 6.45) is 2.37. The van der Waals surface area contributed by atoms with Crippen molar-refractivity contribution in [2.24, 2.45) is 17.3 Å². The molecule has 2 amide bonds. The number of hydrogen-bond donors (Lipinski definition) is 1. The van der Waals surface area contributed by atoms with Gasteiger partial charge in [-0.3, -0.25) is 14.5 Å². The molecule has 1 aliphatic carbocycles. The lowest BCUT2D eigenvalue weighted by Gasteiger charge is -2.20. The van der Waals surface area contributed by atoms with Crippen LogP contribution in [-0.4, -0.2) is 37.8 Å². The van der Waals surface area contributed by atoms with Crippen molar-refractivity contribution in [1.82, 2.24) is 14.9 Å². The summed E-state index contributed by atoms with van der Waals surface area (Å²) in [7, 11) is 0. The molecule has 3 rings (SSSR count). The van der Waals surface area contributed by atoms with Crippen molar-refractivity contribution in [3.63, 3.8) is 0 Å². The Kier molecular flexibility index (Phi) is 2.44. The third kappa shape index (κ3) is 1.55. The number of carboxylic acid groups (broad SMARTS) is 1. The molecule has 1 aromatic rings. The van der Waals surface area contributed by atoms with Gasteiger partial charge in [0.05, 0.1) is 24.1 Å². The third-order valence-electron chi connectivity index (χ3n) is 4.22. The minimum atomic E-state index is -1.18. The van der Waals surface area contributed by atoms with Crippen LogP contribution in [0.4, 0.5) is 0 Å². The Balaban J connectivity index is 1.86. The van der Waals surface area contributed by atoms with Gasteiger partial charge in [-0.1, -0.05) is 13.8 Å². The van der Waals surface area contributed by atoms with E-state index >= 15 is 0 Å². The first-order chi connectivity index (χ1) is 9.35. The maximum atomic E-state index is 12.2. The number of amides is 2. The number of hydrogen-bond acceptors (Lipinski definition) is 5. The molecule has 0 radical (unpaired) electrons. The largest absolute Gasteiger partial charge is 0.478 e. The normalized spacial score (nSPS) is 26.6. The topological polar surface area (TPSA) is 100 Å². The van der Waals surface area contributed by atoms with Crippen molar-refractivity contribution in [2.75, 3.05) is 0 Å². The van der Waals surface area contributed by atoms with Crippen LogP contribution in [0, 0.1) is 17.3 Å². The van der Waals surface area contributed by atoms with E-state index in [4.69, 9.17) is 5.11 Å². The van der Waals surface area contributed by atoms with E-state index in [0.717, 1.165) is 4.90 Å². The van der Waals surface area contributed by atoms with Gasteiger partial charge in [-0.25, -0.2) is 14.8 Å². The first kappa shape index (κ1) is 12.7. The molecular formula is C13H13N3O4. The summed E-state index contributed by atoms with van der Waals surface area (Å²) in [4.78, 5) is 44.0. The fourth-order valence-electron chi connectivity index (χ4n) is 2.97. The fraction of sp³-hybridized carbons (Fsp3) is 0.462. The Morgan fingerprint density at radius 3 is 2.50 bits per heavy atom. The number of carbonyl (C=O) groups excluding carboxylic acids is 2. The van der Waals surface area contributed by atoms with Gasteiger partial charge < -0.3 is 5.11 Å². The van der Waals surface area contributed by atoms with Gasteiger partial charge >= 0.3 is 5.97 Å². The van der Waals surface area contributed by atoms with Gasteiger partial charge in [0.25, 0.3) is 0 Å². The summed E-state index contributed by atoms with van der Waals surface area (Å²) in [6, 6.07) is 0. The maximum absolute atomic E-state index is 12.2. The van der Waals surface area contributed by atoms with Crippen LogP contribution in [0.5, 0.6) is 0 Å². The van der Waals surface area contributed by atoms with Crippen molar-refractivity contribution in [1.29, 1.82) is 0 Å². The second kappa shape index (κ2) is 3.84. The van der Waals surface area contributed by atoms with Gasteiger partial charge in [-0.2, -0.15) is 0 Å². The zero-order valence-electron chi connectivity index (χ0n) is 11.0. The van der Waals surface area contributed by atoms with E-state index in [0.29, 0.717) is 0 Å². The van der Waals surface area contributed by atoms with Gasteiger partial charge in [0.1, 0.15) is 11.9 Å². The van der Waals surface area contributed by atoms with E-state index in [-0.39, 0.29) is 46.9 Å². The average molecular weight is 275 g/mol. The number of fused-ring (bicyclic) bond motifs is 1. The summed E-state index contributed by atoms with van der Waals surface area (Å²) in [5.41, 5.74) is -0.187.